The fraction of sp³-hybridized carbons (Fsp3) is 0.680. The number of amides is 1. The van der Waals surface area contributed by atoms with Gasteiger partial charge in [0.25, 0.3) is 0 Å². The highest BCUT2D eigenvalue weighted by Crippen LogP contribution is 2.38. The number of aliphatic hydroxyl groups excluding tert-OH is 1. The second-order valence-corrected chi connectivity index (χ2v) is 9.05. The van der Waals surface area contributed by atoms with Crippen molar-refractivity contribution < 1.29 is 9.90 Å². The molecule has 1 aromatic rings. The Kier molecular flexibility index (Phi) is 11.2. The van der Waals surface area contributed by atoms with Gasteiger partial charge in [0, 0.05) is 50.0 Å². The number of unbranched alkanes of at least 4 members (excludes halogenated alkanes) is 5. The number of hydrogen-bond donors (Lipinski definition) is 1. The summed E-state index contributed by atoms with van der Waals surface area (Å²) >= 11 is 0. The van der Waals surface area contributed by atoms with Gasteiger partial charge >= 0.3 is 0 Å². The molecule has 0 spiro atoms. The van der Waals surface area contributed by atoms with Gasteiger partial charge in [0.2, 0.25) is 12.1 Å². The molecule has 1 saturated carbocycles. The average Bonchev–Trinajstić information content (AvgIpc) is 3.25. The molecule has 1 aliphatic rings. The highest BCUT2D eigenvalue weighted by atomic mass is 16.3. The van der Waals surface area contributed by atoms with Crippen LogP contribution < -0.4 is 0 Å². The van der Waals surface area contributed by atoms with E-state index in [0.29, 0.717) is 19.4 Å². The van der Waals surface area contributed by atoms with E-state index in [-0.39, 0.29) is 17.9 Å². The van der Waals surface area contributed by atoms with Gasteiger partial charge in [-0.3, -0.25) is 9.78 Å². The van der Waals surface area contributed by atoms with Gasteiger partial charge in [0.1, 0.15) is 0 Å². The molecule has 1 heterocycles. The van der Waals surface area contributed by atoms with Crippen molar-refractivity contribution in [3.8, 4) is 6.19 Å². The van der Waals surface area contributed by atoms with E-state index in [1.165, 1.54) is 0 Å². The van der Waals surface area contributed by atoms with Gasteiger partial charge in [-0.15, -0.1) is 0 Å². The van der Waals surface area contributed by atoms with Gasteiger partial charge < -0.3 is 10.0 Å². The molecule has 0 unspecified atom stereocenters. The Bertz CT molecular complexity index is 721. The molecule has 0 aromatic carbocycles. The van der Waals surface area contributed by atoms with Gasteiger partial charge in [-0.05, 0) is 49.8 Å². The topological polar surface area (TPSA) is 89.6 Å². The third-order valence-corrected chi connectivity index (χ3v) is 6.47. The summed E-state index contributed by atoms with van der Waals surface area (Å²) in [5.41, 5.74) is 2.01. The molecule has 0 bridgehead atoms. The molecular formula is C25H38N4O2. The van der Waals surface area contributed by atoms with Crippen molar-refractivity contribution in [2.75, 3.05) is 20.2 Å². The lowest BCUT2D eigenvalue weighted by atomic mass is 9.86. The Hall–Kier alpha value is -2.26. The van der Waals surface area contributed by atoms with Crippen molar-refractivity contribution in [2.24, 2.45) is 10.4 Å². The molecule has 1 fully saturated rings. The van der Waals surface area contributed by atoms with E-state index in [1.807, 2.05) is 30.3 Å². The zero-order chi connectivity index (χ0) is 22.4. The Morgan fingerprint density at radius 2 is 1.74 bits per heavy atom. The third-order valence-electron chi connectivity index (χ3n) is 6.47. The normalized spacial score (nSPS) is 15.6. The second kappa shape index (κ2) is 13.9. The number of hydrogen-bond acceptors (Lipinski definition) is 5. The SMILES string of the molecule is CN(CC1(CO)CCCC1)C(=O)CCCCCCCCC(Cc1ccncc1)=NC#N. The van der Waals surface area contributed by atoms with Crippen LogP contribution in [0.5, 0.6) is 0 Å². The van der Waals surface area contributed by atoms with Gasteiger partial charge in [0.05, 0.1) is 6.61 Å². The number of carbonyl (C=O) groups excluding carboxylic acids is 1. The van der Waals surface area contributed by atoms with E-state index in [4.69, 9.17) is 5.26 Å². The molecule has 0 radical (unpaired) electrons. The summed E-state index contributed by atoms with van der Waals surface area (Å²) in [6, 6.07) is 3.92. The van der Waals surface area contributed by atoms with Crippen LogP contribution in [0.4, 0.5) is 0 Å². The number of aliphatic imine (C=N–C) groups is 1. The van der Waals surface area contributed by atoms with Crippen LogP contribution >= 0.6 is 0 Å². The van der Waals surface area contributed by atoms with Crippen molar-refractivity contribution in [1.29, 1.82) is 5.26 Å². The first-order chi connectivity index (χ1) is 15.1. The maximum atomic E-state index is 12.4. The van der Waals surface area contributed by atoms with Gasteiger partial charge in [-0.25, -0.2) is 0 Å². The summed E-state index contributed by atoms with van der Waals surface area (Å²) in [6.45, 7) is 0.877. The monoisotopic (exact) mass is 426 g/mol. The molecule has 1 N–H and O–H groups in total. The van der Waals surface area contributed by atoms with Crippen LogP contribution in [0, 0.1) is 16.9 Å². The third kappa shape index (κ3) is 9.18. The van der Waals surface area contributed by atoms with Gasteiger partial charge in [-0.2, -0.15) is 10.3 Å². The van der Waals surface area contributed by atoms with E-state index in [0.717, 1.165) is 81.9 Å². The minimum atomic E-state index is -0.0600. The van der Waals surface area contributed by atoms with Crippen LogP contribution in [0.1, 0.15) is 82.6 Å². The van der Waals surface area contributed by atoms with Crippen LogP contribution in [0.3, 0.4) is 0 Å². The number of pyridine rings is 1. The number of carbonyl (C=O) groups is 1. The predicted octanol–water partition coefficient (Wildman–Crippen LogP) is 4.68. The first kappa shape index (κ1) is 25.0. The lowest BCUT2D eigenvalue weighted by molar-refractivity contribution is -0.131. The zero-order valence-electron chi connectivity index (χ0n) is 19.1. The van der Waals surface area contributed by atoms with Crippen LogP contribution in [0.25, 0.3) is 0 Å². The first-order valence-electron chi connectivity index (χ1n) is 11.8. The van der Waals surface area contributed by atoms with Crippen molar-refractivity contribution >= 4 is 11.6 Å². The summed E-state index contributed by atoms with van der Waals surface area (Å²) in [4.78, 5) is 22.3. The molecule has 6 nitrogen and oxygen atoms in total. The first-order valence-corrected chi connectivity index (χ1v) is 11.8. The van der Waals surface area contributed by atoms with Crippen LogP contribution in [0.2, 0.25) is 0 Å². The molecule has 1 aliphatic carbocycles. The van der Waals surface area contributed by atoms with E-state index in [1.54, 1.807) is 12.4 Å². The van der Waals surface area contributed by atoms with Gasteiger partial charge in [0.15, 0.2) is 0 Å². The van der Waals surface area contributed by atoms with Crippen molar-refractivity contribution in [2.45, 2.75) is 83.5 Å². The van der Waals surface area contributed by atoms with Crippen LogP contribution in [0.15, 0.2) is 29.5 Å². The molecule has 170 valence electrons. The smallest absolute Gasteiger partial charge is 0.222 e. The predicted molar refractivity (Wildman–Crippen MR) is 124 cm³/mol. The maximum absolute atomic E-state index is 12.4. The molecule has 0 aliphatic heterocycles. The van der Waals surface area contributed by atoms with Crippen molar-refractivity contribution in [3.63, 3.8) is 0 Å². The highest BCUT2D eigenvalue weighted by molar-refractivity contribution is 5.87. The quantitative estimate of drug-likeness (QED) is 0.266. The minimum absolute atomic E-state index is 0.0600. The molecular weight excluding hydrogens is 388 g/mol. The Morgan fingerprint density at radius 1 is 1.13 bits per heavy atom. The summed E-state index contributed by atoms with van der Waals surface area (Å²) in [7, 11) is 1.88. The molecule has 0 atom stereocenters. The second-order valence-electron chi connectivity index (χ2n) is 9.05. The molecule has 1 aromatic heterocycles. The Morgan fingerprint density at radius 3 is 2.35 bits per heavy atom. The summed E-state index contributed by atoms with van der Waals surface area (Å²) in [5, 5.41) is 18.7. The molecule has 1 amide bonds. The summed E-state index contributed by atoms with van der Waals surface area (Å²) < 4.78 is 0. The Labute approximate surface area is 187 Å². The minimum Gasteiger partial charge on any atom is -0.396 e. The number of nitrogens with zero attached hydrogens (tertiary/aromatic N) is 4. The lowest BCUT2D eigenvalue weighted by Crippen LogP contribution is -2.39. The number of rotatable bonds is 14. The largest absolute Gasteiger partial charge is 0.396 e. The number of nitriles is 1. The number of aliphatic hydroxyl groups is 1. The zero-order valence-corrected chi connectivity index (χ0v) is 19.1. The molecule has 2 rings (SSSR count). The number of aromatic nitrogens is 1. The van der Waals surface area contributed by atoms with E-state index < -0.39 is 0 Å². The van der Waals surface area contributed by atoms with Crippen LogP contribution in [-0.4, -0.2) is 46.8 Å². The lowest BCUT2D eigenvalue weighted by Gasteiger charge is -2.31. The molecule has 0 saturated heterocycles. The summed E-state index contributed by atoms with van der Waals surface area (Å²) in [6.07, 6.45) is 18.4. The van der Waals surface area contributed by atoms with E-state index in [9.17, 15) is 9.90 Å². The van der Waals surface area contributed by atoms with Crippen molar-refractivity contribution in [1.82, 2.24) is 9.88 Å². The highest BCUT2D eigenvalue weighted by Gasteiger charge is 2.35. The van der Waals surface area contributed by atoms with E-state index >= 15 is 0 Å². The fourth-order valence-corrected chi connectivity index (χ4v) is 4.58. The van der Waals surface area contributed by atoms with E-state index in [2.05, 4.69) is 9.98 Å². The average molecular weight is 427 g/mol. The molecule has 6 heteroatoms. The fourth-order valence-electron chi connectivity index (χ4n) is 4.58. The summed E-state index contributed by atoms with van der Waals surface area (Å²) in [5.74, 6) is 0.202. The molecule has 31 heavy (non-hydrogen) atoms. The van der Waals surface area contributed by atoms with Crippen LogP contribution in [-0.2, 0) is 11.2 Å². The maximum Gasteiger partial charge on any atom is 0.222 e. The van der Waals surface area contributed by atoms with Gasteiger partial charge in [-0.1, -0.05) is 38.5 Å². The standard InChI is InChI=1S/C25H38N4O2/c1-29(19-25(20-30)14-8-9-15-25)24(31)11-7-5-3-2-4-6-10-23(28-21-26)18-22-12-16-27-17-13-22/h12-13,16-17,30H,2-11,14-15,18-20H2,1H3. The Balaban J connectivity index is 1.54. The van der Waals surface area contributed by atoms with Crippen molar-refractivity contribution in [3.05, 3.63) is 30.1 Å².